The second kappa shape index (κ2) is 5.40. The number of unbranched alkanes of at least 4 members (excludes halogenated alkanes) is 3. The summed E-state index contributed by atoms with van der Waals surface area (Å²) in [6.07, 6.45) is 9.92. The fourth-order valence-electron chi connectivity index (χ4n) is 0.949. The van der Waals surface area contributed by atoms with Crippen LogP contribution in [0.1, 0.15) is 53.4 Å². The molecule has 0 aromatic heterocycles. The zero-order valence-corrected chi connectivity index (χ0v) is 8.48. The smallest absolute Gasteiger partial charge is 0.0203 e. The Morgan fingerprint density at radius 3 is 2.18 bits per heavy atom. The van der Waals surface area contributed by atoms with Crippen LogP contribution in [0.4, 0.5) is 0 Å². The van der Waals surface area contributed by atoms with Crippen molar-refractivity contribution in [1.82, 2.24) is 0 Å². The van der Waals surface area contributed by atoms with E-state index in [2.05, 4.69) is 39.8 Å². The molecule has 0 rings (SSSR count). The summed E-state index contributed by atoms with van der Waals surface area (Å²) in [6.45, 7) is 8.96. The van der Waals surface area contributed by atoms with E-state index in [0.717, 1.165) is 0 Å². The van der Waals surface area contributed by atoms with Crippen LogP contribution in [-0.4, -0.2) is 0 Å². The van der Waals surface area contributed by atoms with Gasteiger partial charge in [-0.05, 0) is 18.3 Å². The lowest BCUT2D eigenvalue weighted by Crippen LogP contribution is -1.97. The summed E-state index contributed by atoms with van der Waals surface area (Å²) in [6, 6.07) is 0. The highest BCUT2D eigenvalue weighted by atomic mass is 14.1. The van der Waals surface area contributed by atoms with Gasteiger partial charge in [-0.25, -0.2) is 0 Å². The lowest BCUT2D eigenvalue weighted by atomic mass is 9.96. The van der Waals surface area contributed by atoms with Crippen LogP contribution < -0.4 is 0 Å². The molecule has 0 bridgehead atoms. The van der Waals surface area contributed by atoms with E-state index in [0.29, 0.717) is 5.41 Å². The number of allylic oxidation sites excluding steroid dienone is 2. The minimum absolute atomic E-state index is 0.367. The van der Waals surface area contributed by atoms with Crippen molar-refractivity contribution in [2.45, 2.75) is 53.4 Å². The van der Waals surface area contributed by atoms with Crippen LogP contribution in [-0.2, 0) is 0 Å². The first kappa shape index (κ1) is 10.7. The highest BCUT2D eigenvalue weighted by molar-refractivity contribution is 4.91. The first-order chi connectivity index (χ1) is 5.06. The molecule has 0 nitrogen and oxygen atoms in total. The molecule has 11 heavy (non-hydrogen) atoms. The Balaban J connectivity index is 3.30. The Morgan fingerprint density at radius 2 is 1.73 bits per heavy atom. The third-order valence-corrected chi connectivity index (χ3v) is 1.59. The molecule has 0 unspecified atom stereocenters. The zero-order chi connectivity index (χ0) is 8.74. The van der Waals surface area contributed by atoms with E-state index in [9.17, 15) is 0 Å². The third kappa shape index (κ3) is 9.74. The van der Waals surface area contributed by atoms with Crippen LogP contribution >= 0.6 is 0 Å². The maximum absolute atomic E-state index is 2.32. The Labute approximate surface area is 71.7 Å². The molecule has 0 radical (unpaired) electrons. The van der Waals surface area contributed by atoms with Gasteiger partial charge in [0.25, 0.3) is 0 Å². The highest BCUT2D eigenvalue weighted by Gasteiger charge is 2.02. The van der Waals surface area contributed by atoms with Crippen LogP contribution in [0.15, 0.2) is 12.2 Å². The van der Waals surface area contributed by atoms with E-state index in [1.54, 1.807) is 0 Å². The van der Waals surface area contributed by atoms with Gasteiger partial charge in [0.05, 0.1) is 0 Å². The molecule has 0 heterocycles. The molecule has 0 aromatic rings. The fourth-order valence-corrected chi connectivity index (χ4v) is 0.949. The van der Waals surface area contributed by atoms with Crippen molar-refractivity contribution in [3.63, 3.8) is 0 Å². The largest absolute Gasteiger partial charge is 0.0880 e. The SMILES string of the molecule is CCCCC/C=C/C(C)(C)C. The Bertz CT molecular complexity index is 104. The second-order valence-corrected chi connectivity index (χ2v) is 4.26. The quantitative estimate of drug-likeness (QED) is 0.421. The van der Waals surface area contributed by atoms with Crippen molar-refractivity contribution in [1.29, 1.82) is 0 Å². The predicted octanol–water partition coefficient (Wildman–Crippen LogP) is 4.17. The minimum Gasteiger partial charge on any atom is -0.0880 e. The summed E-state index contributed by atoms with van der Waals surface area (Å²) in [4.78, 5) is 0. The summed E-state index contributed by atoms with van der Waals surface area (Å²) in [7, 11) is 0. The molecule has 0 aromatic carbocycles. The van der Waals surface area contributed by atoms with Crippen molar-refractivity contribution in [2.75, 3.05) is 0 Å². The third-order valence-electron chi connectivity index (χ3n) is 1.59. The molecule has 0 aliphatic rings. The van der Waals surface area contributed by atoms with E-state index >= 15 is 0 Å². The van der Waals surface area contributed by atoms with Gasteiger partial charge in [-0.1, -0.05) is 52.7 Å². The molecule has 0 heteroatoms. The van der Waals surface area contributed by atoms with Crippen LogP contribution in [0.2, 0.25) is 0 Å². The number of hydrogen-bond donors (Lipinski definition) is 0. The summed E-state index contributed by atoms with van der Waals surface area (Å²) in [5, 5.41) is 0. The standard InChI is InChI=1S/C11H22/c1-5-6-7-8-9-10-11(2,3)4/h9-10H,5-8H2,1-4H3/b10-9+. The highest BCUT2D eigenvalue weighted by Crippen LogP contribution is 2.15. The van der Waals surface area contributed by atoms with Gasteiger partial charge >= 0.3 is 0 Å². The van der Waals surface area contributed by atoms with E-state index in [1.807, 2.05) is 0 Å². The Morgan fingerprint density at radius 1 is 1.09 bits per heavy atom. The average molecular weight is 154 g/mol. The van der Waals surface area contributed by atoms with Crippen LogP contribution in [0.5, 0.6) is 0 Å². The maximum Gasteiger partial charge on any atom is -0.0203 e. The fraction of sp³-hybridized carbons (Fsp3) is 0.818. The number of rotatable bonds is 4. The van der Waals surface area contributed by atoms with Crippen molar-refractivity contribution in [2.24, 2.45) is 5.41 Å². The molecular weight excluding hydrogens is 132 g/mol. The van der Waals surface area contributed by atoms with Gasteiger partial charge in [0.2, 0.25) is 0 Å². The van der Waals surface area contributed by atoms with Gasteiger partial charge < -0.3 is 0 Å². The summed E-state index contributed by atoms with van der Waals surface area (Å²) in [5.74, 6) is 0. The van der Waals surface area contributed by atoms with Crippen molar-refractivity contribution >= 4 is 0 Å². The molecule has 0 N–H and O–H groups in total. The van der Waals surface area contributed by atoms with E-state index in [1.165, 1.54) is 25.7 Å². The molecule has 0 aliphatic carbocycles. The van der Waals surface area contributed by atoms with Crippen LogP contribution in [0, 0.1) is 5.41 Å². The predicted molar refractivity (Wildman–Crippen MR) is 52.7 cm³/mol. The van der Waals surface area contributed by atoms with E-state index in [-0.39, 0.29) is 0 Å². The van der Waals surface area contributed by atoms with Gasteiger partial charge in [-0.3, -0.25) is 0 Å². The van der Waals surface area contributed by atoms with Gasteiger partial charge in [0.15, 0.2) is 0 Å². The number of hydrogen-bond acceptors (Lipinski definition) is 0. The molecule has 0 spiro atoms. The van der Waals surface area contributed by atoms with Crippen molar-refractivity contribution < 1.29 is 0 Å². The second-order valence-electron chi connectivity index (χ2n) is 4.26. The van der Waals surface area contributed by atoms with Gasteiger partial charge in [0, 0.05) is 0 Å². The first-order valence-corrected chi connectivity index (χ1v) is 4.74. The molecule has 0 saturated carbocycles. The summed E-state index contributed by atoms with van der Waals surface area (Å²) >= 11 is 0. The topological polar surface area (TPSA) is 0 Å². The molecule has 0 fully saturated rings. The van der Waals surface area contributed by atoms with Gasteiger partial charge in [-0.15, -0.1) is 0 Å². The van der Waals surface area contributed by atoms with E-state index in [4.69, 9.17) is 0 Å². The molecule has 0 saturated heterocycles. The summed E-state index contributed by atoms with van der Waals surface area (Å²) < 4.78 is 0. The van der Waals surface area contributed by atoms with E-state index < -0.39 is 0 Å². The monoisotopic (exact) mass is 154 g/mol. The first-order valence-electron chi connectivity index (χ1n) is 4.74. The van der Waals surface area contributed by atoms with Crippen molar-refractivity contribution in [3.05, 3.63) is 12.2 Å². The van der Waals surface area contributed by atoms with Gasteiger partial charge in [0.1, 0.15) is 0 Å². The minimum atomic E-state index is 0.367. The lowest BCUT2D eigenvalue weighted by molar-refractivity contribution is 0.541. The van der Waals surface area contributed by atoms with Crippen LogP contribution in [0.25, 0.3) is 0 Å². The van der Waals surface area contributed by atoms with Gasteiger partial charge in [-0.2, -0.15) is 0 Å². The maximum atomic E-state index is 2.32. The molecular formula is C11H22. The lowest BCUT2D eigenvalue weighted by Gasteiger charge is -2.10. The van der Waals surface area contributed by atoms with Crippen molar-refractivity contribution in [3.8, 4) is 0 Å². The van der Waals surface area contributed by atoms with Crippen LogP contribution in [0.3, 0.4) is 0 Å². The average Bonchev–Trinajstić information content (AvgIpc) is 1.85. The zero-order valence-electron chi connectivity index (χ0n) is 8.48. The molecule has 0 aliphatic heterocycles. The molecule has 0 amide bonds. The Hall–Kier alpha value is -0.260. The summed E-state index contributed by atoms with van der Waals surface area (Å²) in [5.41, 5.74) is 0.367. The Kier molecular flexibility index (Phi) is 5.27. The molecule has 0 atom stereocenters. The molecule has 66 valence electrons. The normalized spacial score (nSPS) is 12.7.